The largest absolute Gasteiger partial charge is 0.494 e. The van der Waals surface area contributed by atoms with Gasteiger partial charge in [0.05, 0.1) is 6.61 Å². The third-order valence-corrected chi connectivity index (χ3v) is 6.26. The predicted molar refractivity (Wildman–Crippen MR) is 183 cm³/mol. The molecule has 0 aliphatic rings. The maximum Gasteiger partial charge on any atom is 0.407 e. The highest BCUT2D eigenvalue weighted by atomic mass is 16.6. The molecule has 6 N–H and O–H groups in total. The summed E-state index contributed by atoms with van der Waals surface area (Å²) in [5.41, 5.74) is 1.51. The SMILES string of the molecule is CCCCOc1cc(CNCCCNCCCNC(=O)OC(C)(C)C)cc(CNCCCNCCCNC(=O)OC(C)(C)C)c1. The second kappa shape index (κ2) is 23.7. The molecule has 0 atom stereocenters. The first-order valence-electron chi connectivity index (χ1n) is 16.9. The van der Waals surface area contributed by atoms with Gasteiger partial charge >= 0.3 is 12.2 Å². The summed E-state index contributed by atoms with van der Waals surface area (Å²) in [6.07, 6.45) is 5.20. The van der Waals surface area contributed by atoms with Gasteiger partial charge in [0, 0.05) is 26.2 Å². The van der Waals surface area contributed by atoms with E-state index in [4.69, 9.17) is 14.2 Å². The predicted octanol–water partition coefficient (Wildman–Crippen LogP) is 4.83. The lowest BCUT2D eigenvalue weighted by Gasteiger charge is -2.19. The van der Waals surface area contributed by atoms with E-state index in [0.29, 0.717) is 13.1 Å². The topological polar surface area (TPSA) is 134 Å². The van der Waals surface area contributed by atoms with Crippen LogP contribution in [0, 0.1) is 0 Å². The van der Waals surface area contributed by atoms with Crippen LogP contribution in [-0.4, -0.2) is 82.4 Å². The van der Waals surface area contributed by atoms with Gasteiger partial charge in [-0.25, -0.2) is 9.59 Å². The number of carbonyl (C=O) groups is 2. The summed E-state index contributed by atoms with van der Waals surface area (Å²) >= 11 is 0. The summed E-state index contributed by atoms with van der Waals surface area (Å²) < 4.78 is 16.5. The maximum atomic E-state index is 11.7. The van der Waals surface area contributed by atoms with Gasteiger partial charge in [0.2, 0.25) is 0 Å². The van der Waals surface area contributed by atoms with Crippen LogP contribution in [0.5, 0.6) is 5.75 Å². The Morgan fingerprint density at radius 3 is 1.38 bits per heavy atom. The van der Waals surface area contributed by atoms with E-state index in [1.54, 1.807) is 0 Å². The number of carbonyl (C=O) groups excluding carboxylic acids is 2. The van der Waals surface area contributed by atoms with Crippen LogP contribution >= 0.6 is 0 Å². The van der Waals surface area contributed by atoms with E-state index in [0.717, 1.165) is 103 Å². The standard InChI is InChI=1S/C34H64N6O5/c1-8-9-22-43-30-24-28(26-37-18-10-14-35-16-12-20-39-31(41)44-33(2,3)4)23-29(25-30)27-38-19-11-15-36-17-13-21-40-32(42)45-34(5,6)7/h23-25,35-38H,8-22,26-27H2,1-7H3,(H,39,41)(H,40,42). The minimum absolute atomic E-state index is 0.363. The van der Waals surface area contributed by atoms with Crippen molar-refractivity contribution in [3.05, 3.63) is 29.3 Å². The lowest BCUT2D eigenvalue weighted by Crippen LogP contribution is -2.34. The molecule has 45 heavy (non-hydrogen) atoms. The first kappa shape index (κ1) is 40.4. The number of hydrogen-bond acceptors (Lipinski definition) is 9. The number of nitrogens with one attached hydrogen (secondary N) is 6. The molecule has 0 fully saturated rings. The van der Waals surface area contributed by atoms with E-state index in [2.05, 4.69) is 57.0 Å². The summed E-state index contributed by atoms with van der Waals surface area (Å²) in [5, 5.41) is 19.5. The number of rotatable bonds is 24. The highest BCUT2D eigenvalue weighted by Crippen LogP contribution is 2.18. The van der Waals surface area contributed by atoms with Gasteiger partial charge < -0.3 is 46.1 Å². The first-order chi connectivity index (χ1) is 21.4. The van der Waals surface area contributed by atoms with E-state index in [-0.39, 0.29) is 12.2 Å². The quantitative estimate of drug-likeness (QED) is 0.0883. The Labute approximate surface area is 273 Å². The number of amides is 2. The zero-order chi connectivity index (χ0) is 33.4. The number of hydrogen-bond donors (Lipinski definition) is 6. The molecule has 0 aliphatic heterocycles. The number of benzene rings is 1. The van der Waals surface area contributed by atoms with Crippen LogP contribution in [0.25, 0.3) is 0 Å². The van der Waals surface area contributed by atoms with Gasteiger partial charge in [0.25, 0.3) is 0 Å². The smallest absolute Gasteiger partial charge is 0.407 e. The Morgan fingerprint density at radius 2 is 0.978 bits per heavy atom. The molecule has 0 aromatic heterocycles. The average Bonchev–Trinajstić information content (AvgIpc) is 2.93. The molecule has 0 spiro atoms. The van der Waals surface area contributed by atoms with E-state index >= 15 is 0 Å². The van der Waals surface area contributed by atoms with Crippen LogP contribution in [-0.2, 0) is 22.6 Å². The van der Waals surface area contributed by atoms with Gasteiger partial charge in [-0.15, -0.1) is 0 Å². The third-order valence-electron chi connectivity index (χ3n) is 6.26. The molecule has 1 aromatic rings. The first-order valence-corrected chi connectivity index (χ1v) is 16.9. The van der Waals surface area contributed by atoms with Crippen molar-refractivity contribution < 1.29 is 23.8 Å². The summed E-state index contributed by atoms with van der Waals surface area (Å²) in [6, 6.07) is 6.53. The van der Waals surface area contributed by atoms with Crippen molar-refractivity contribution >= 4 is 12.2 Å². The van der Waals surface area contributed by atoms with Crippen molar-refractivity contribution in [1.29, 1.82) is 0 Å². The molecule has 260 valence electrons. The van der Waals surface area contributed by atoms with Crippen molar-refractivity contribution in [3.63, 3.8) is 0 Å². The Balaban J connectivity index is 2.24. The average molecular weight is 637 g/mol. The zero-order valence-corrected chi connectivity index (χ0v) is 29.3. The van der Waals surface area contributed by atoms with Gasteiger partial charge in [-0.1, -0.05) is 19.4 Å². The molecule has 0 saturated heterocycles. The van der Waals surface area contributed by atoms with Crippen LogP contribution in [0.15, 0.2) is 18.2 Å². The fraction of sp³-hybridized carbons (Fsp3) is 0.765. The van der Waals surface area contributed by atoms with Gasteiger partial charge in [0.1, 0.15) is 17.0 Å². The number of ether oxygens (including phenoxy) is 3. The molecule has 0 radical (unpaired) electrons. The van der Waals surface area contributed by atoms with E-state index in [1.807, 2.05) is 41.5 Å². The highest BCUT2D eigenvalue weighted by Gasteiger charge is 2.16. The lowest BCUT2D eigenvalue weighted by molar-refractivity contribution is 0.0515. The van der Waals surface area contributed by atoms with Gasteiger partial charge in [-0.2, -0.15) is 0 Å². The van der Waals surface area contributed by atoms with Gasteiger partial charge in [0.15, 0.2) is 0 Å². The zero-order valence-electron chi connectivity index (χ0n) is 29.3. The Kier molecular flexibility index (Phi) is 21.3. The molecule has 0 bridgehead atoms. The molecule has 11 heteroatoms. The minimum Gasteiger partial charge on any atom is -0.494 e. The normalized spacial score (nSPS) is 11.7. The minimum atomic E-state index is -0.470. The summed E-state index contributed by atoms with van der Waals surface area (Å²) in [7, 11) is 0. The lowest BCUT2D eigenvalue weighted by atomic mass is 10.1. The molecule has 0 heterocycles. The fourth-order valence-corrected chi connectivity index (χ4v) is 4.18. The summed E-state index contributed by atoms with van der Waals surface area (Å²) in [4.78, 5) is 23.3. The molecule has 2 amide bonds. The van der Waals surface area contributed by atoms with Crippen LogP contribution in [0.1, 0.15) is 98.1 Å². The van der Waals surface area contributed by atoms with Crippen LogP contribution in [0.4, 0.5) is 9.59 Å². The van der Waals surface area contributed by atoms with Gasteiger partial charge in [-0.05, 0) is 136 Å². The van der Waals surface area contributed by atoms with Crippen molar-refractivity contribution in [1.82, 2.24) is 31.9 Å². The van der Waals surface area contributed by atoms with Crippen LogP contribution in [0.3, 0.4) is 0 Å². The van der Waals surface area contributed by atoms with Gasteiger partial charge in [-0.3, -0.25) is 0 Å². The fourth-order valence-electron chi connectivity index (χ4n) is 4.18. The van der Waals surface area contributed by atoms with Crippen molar-refractivity contribution in [2.45, 2.75) is 111 Å². The number of unbranched alkanes of at least 4 members (excludes halogenated alkanes) is 1. The molecule has 0 unspecified atom stereocenters. The summed E-state index contributed by atoms with van der Waals surface area (Å²) in [5.74, 6) is 0.933. The van der Waals surface area contributed by atoms with Crippen LogP contribution < -0.4 is 36.6 Å². The van der Waals surface area contributed by atoms with E-state index < -0.39 is 11.2 Å². The Hall–Kier alpha value is -2.60. The monoisotopic (exact) mass is 636 g/mol. The second-order valence-electron chi connectivity index (χ2n) is 13.3. The Bertz CT molecular complexity index is 866. The molecular weight excluding hydrogens is 572 g/mol. The van der Waals surface area contributed by atoms with Crippen molar-refractivity contribution in [2.24, 2.45) is 0 Å². The van der Waals surface area contributed by atoms with Crippen molar-refractivity contribution in [2.75, 3.05) is 59.0 Å². The molecule has 11 nitrogen and oxygen atoms in total. The Morgan fingerprint density at radius 1 is 0.578 bits per heavy atom. The second-order valence-corrected chi connectivity index (χ2v) is 13.3. The van der Waals surface area contributed by atoms with Crippen LogP contribution in [0.2, 0.25) is 0 Å². The molecule has 1 rings (SSSR count). The number of alkyl carbamates (subject to hydrolysis) is 2. The maximum absolute atomic E-state index is 11.7. The molecule has 0 saturated carbocycles. The van der Waals surface area contributed by atoms with E-state index in [9.17, 15) is 9.59 Å². The molecule has 0 aliphatic carbocycles. The van der Waals surface area contributed by atoms with Crippen molar-refractivity contribution in [3.8, 4) is 5.75 Å². The molecule has 1 aromatic carbocycles. The summed E-state index contributed by atoms with van der Waals surface area (Å²) in [6.45, 7) is 22.2. The van der Waals surface area contributed by atoms with E-state index in [1.165, 1.54) is 11.1 Å². The highest BCUT2D eigenvalue weighted by molar-refractivity contribution is 5.67. The molecular formula is C34H64N6O5. The third kappa shape index (κ3) is 25.3.